The fraction of sp³-hybridized carbons (Fsp3) is 0.500. The van der Waals surface area contributed by atoms with Gasteiger partial charge in [0.25, 0.3) is 0 Å². The molecular weight excluding hydrogens is 431 g/mol. The van der Waals surface area contributed by atoms with Gasteiger partial charge in [-0.3, -0.25) is 9.59 Å². The Morgan fingerprint density at radius 2 is 1.68 bits per heavy atom. The first kappa shape index (κ1) is 22.9. The molecule has 2 heterocycles. The minimum absolute atomic E-state index is 0.0411. The smallest absolute Gasteiger partial charge is 0.233 e. The number of nitrogens with zero attached hydrogens (tertiary/aromatic N) is 2. The lowest BCUT2D eigenvalue weighted by Gasteiger charge is -2.46. The Kier molecular flexibility index (Phi) is 5.86. The SMILES string of the molecule is COc1ccc(C2(C(=O)N3C[C@@H](c4ccc(F)cc4)[C@@]4(CCCC(=O)N4C)C3)CCCC2)cc1. The Labute approximate surface area is 200 Å². The van der Waals surface area contributed by atoms with Crippen LogP contribution >= 0.6 is 0 Å². The van der Waals surface area contributed by atoms with Crippen LogP contribution in [0.15, 0.2) is 48.5 Å². The van der Waals surface area contributed by atoms with E-state index >= 15 is 0 Å². The summed E-state index contributed by atoms with van der Waals surface area (Å²) in [5.74, 6) is 0.744. The van der Waals surface area contributed by atoms with Crippen LogP contribution < -0.4 is 4.74 Å². The van der Waals surface area contributed by atoms with E-state index in [1.165, 1.54) is 12.1 Å². The van der Waals surface area contributed by atoms with Crippen LogP contribution in [0, 0.1) is 5.82 Å². The van der Waals surface area contributed by atoms with E-state index < -0.39 is 11.0 Å². The summed E-state index contributed by atoms with van der Waals surface area (Å²) < 4.78 is 19.0. The molecule has 1 aliphatic carbocycles. The second kappa shape index (κ2) is 8.71. The van der Waals surface area contributed by atoms with Crippen LogP contribution in [0.25, 0.3) is 0 Å². The van der Waals surface area contributed by atoms with Gasteiger partial charge in [0, 0.05) is 32.5 Å². The predicted molar refractivity (Wildman–Crippen MR) is 128 cm³/mol. The van der Waals surface area contributed by atoms with Crippen LogP contribution in [0.1, 0.15) is 62.0 Å². The van der Waals surface area contributed by atoms with Crippen LogP contribution in [0.5, 0.6) is 5.75 Å². The molecule has 0 N–H and O–H groups in total. The summed E-state index contributed by atoms with van der Waals surface area (Å²) in [6.07, 6.45) is 5.91. The van der Waals surface area contributed by atoms with Gasteiger partial charge in [0.05, 0.1) is 18.1 Å². The van der Waals surface area contributed by atoms with E-state index in [4.69, 9.17) is 4.74 Å². The standard InChI is InChI=1S/C28H33FN2O3/c1-30-25(32)6-5-17-28(30)19-31(18-24(28)20-7-11-22(29)12-8-20)26(33)27(15-3-4-16-27)21-9-13-23(34-2)14-10-21/h7-14,24H,3-6,15-19H2,1-2H3/t24-,28+/m0/s1. The highest BCUT2D eigenvalue weighted by Crippen LogP contribution is 2.49. The normalized spacial score (nSPS) is 26.3. The molecule has 3 aliphatic rings. The molecular formula is C28H33FN2O3. The number of rotatable bonds is 4. The van der Waals surface area contributed by atoms with Crippen molar-refractivity contribution in [2.24, 2.45) is 0 Å². The third-order valence-electron chi connectivity index (χ3n) is 8.63. The summed E-state index contributed by atoms with van der Waals surface area (Å²) in [5, 5.41) is 0. The molecule has 0 aromatic heterocycles. The molecule has 34 heavy (non-hydrogen) atoms. The second-order valence-electron chi connectivity index (χ2n) is 10.2. The van der Waals surface area contributed by atoms with E-state index in [1.807, 2.05) is 53.2 Å². The number of hydrogen-bond acceptors (Lipinski definition) is 3. The van der Waals surface area contributed by atoms with Crippen molar-refractivity contribution >= 4 is 11.8 Å². The van der Waals surface area contributed by atoms with Gasteiger partial charge in [0.1, 0.15) is 11.6 Å². The minimum Gasteiger partial charge on any atom is -0.497 e. The number of amides is 2. The first-order valence-corrected chi connectivity index (χ1v) is 12.4. The zero-order valence-electron chi connectivity index (χ0n) is 20.1. The first-order chi connectivity index (χ1) is 16.4. The van der Waals surface area contributed by atoms with Crippen LogP contribution in [-0.4, -0.2) is 54.4 Å². The van der Waals surface area contributed by atoms with Gasteiger partial charge in [-0.2, -0.15) is 0 Å². The Morgan fingerprint density at radius 1 is 1.00 bits per heavy atom. The molecule has 3 fully saturated rings. The molecule has 1 saturated carbocycles. The lowest BCUT2D eigenvalue weighted by atomic mass is 9.75. The van der Waals surface area contributed by atoms with Crippen molar-refractivity contribution in [2.45, 2.75) is 61.8 Å². The summed E-state index contributed by atoms with van der Waals surface area (Å²) in [7, 11) is 3.52. The number of likely N-dealkylation sites (tertiary alicyclic amines) is 2. The highest BCUT2D eigenvalue weighted by Gasteiger charge is 2.56. The number of halogens is 1. The van der Waals surface area contributed by atoms with Crippen molar-refractivity contribution in [1.29, 1.82) is 0 Å². The summed E-state index contributed by atoms with van der Waals surface area (Å²) in [4.78, 5) is 31.0. The molecule has 6 heteroatoms. The van der Waals surface area contributed by atoms with Crippen LogP contribution in [-0.2, 0) is 15.0 Å². The van der Waals surface area contributed by atoms with Crippen molar-refractivity contribution < 1.29 is 18.7 Å². The van der Waals surface area contributed by atoms with Gasteiger partial charge < -0.3 is 14.5 Å². The number of piperidine rings is 1. The Hall–Kier alpha value is -2.89. The quantitative estimate of drug-likeness (QED) is 0.662. The van der Waals surface area contributed by atoms with E-state index in [0.29, 0.717) is 19.5 Å². The average molecular weight is 465 g/mol. The lowest BCUT2D eigenvalue weighted by Crippen LogP contribution is -2.57. The molecule has 2 aromatic carbocycles. The number of likely N-dealkylation sites (N-methyl/N-ethyl adjacent to an activating group) is 1. The highest BCUT2D eigenvalue weighted by molar-refractivity contribution is 5.89. The van der Waals surface area contributed by atoms with Crippen LogP contribution in [0.2, 0.25) is 0 Å². The fourth-order valence-corrected chi connectivity index (χ4v) is 6.70. The Balaban J connectivity index is 1.52. The molecule has 2 aliphatic heterocycles. The van der Waals surface area contributed by atoms with Crippen molar-refractivity contribution in [3.05, 3.63) is 65.5 Å². The largest absolute Gasteiger partial charge is 0.497 e. The molecule has 0 unspecified atom stereocenters. The highest BCUT2D eigenvalue weighted by atomic mass is 19.1. The van der Waals surface area contributed by atoms with Crippen molar-refractivity contribution in [3.63, 3.8) is 0 Å². The van der Waals surface area contributed by atoms with Gasteiger partial charge in [-0.1, -0.05) is 37.1 Å². The number of benzene rings is 2. The number of carbonyl (C=O) groups excluding carboxylic acids is 2. The maximum atomic E-state index is 14.3. The van der Waals surface area contributed by atoms with Crippen molar-refractivity contribution in [1.82, 2.24) is 9.80 Å². The monoisotopic (exact) mass is 464 g/mol. The molecule has 2 atom stereocenters. The Morgan fingerprint density at radius 3 is 2.32 bits per heavy atom. The number of ether oxygens (including phenoxy) is 1. The molecule has 2 amide bonds. The maximum absolute atomic E-state index is 14.3. The summed E-state index contributed by atoms with van der Waals surface area (Å²) in [6, 6.07) is 14.5. The molecule has 0 bridgehead atoms. The van der Waals surface area contributed by atoms with Gasteiger partial charge in [-0.15, -0.1) is 0 Å². The van der Waals surface area contributed by atoms with Gasteiger partial charge in [-0.25, -0.2) is 4.39 Å². The molecule has 1 spiro atoms. The number of hydrogen-bond donors (Lipinski definition) is 0. The van der Waals surface area contributed by atoms with Crippen LogP contribution in [0.3, 0.4) is 0 Å². The predicted octanol–water partition coefficient (Wildman–Crippen LogP) is 4.65. The molecule has 5 nitrogen and oxygen atoms in total. The summed E-state index contributed by atoms with van der Waals surface area (Å²) in [5.41, 5.74) is 1.04. The van der Waals surface area contributed by atoms with Gasteiger partial charge in [0.15, 0.2) is 0 Å². The van der Waals surface area contributed by atoms with E-state index in [1.54, 1.807) is 7.11 Å². The van der Waals surface area contributed by atoms with Crippen LogP contribution in [0.4, 0.5) is 4.39 Å². The molecule has 5 rings (SSSR count). The second-order valence-corrected chi connectivity index (χ2v) is 10.2. The van der Waals surface area contributed by atoms with E-state index in [0.717, 1.165) is 55.4 Å². The van der Waals surface area contributed by atoms with Crippen molar-refractivity contribution in [3.8, 4) is 5.75 Å². The molecule has 2 aromatic rings. The topological polar surface area (TPSA) is 49.9 Å². The Bertz CT molecular complexity index is 1060. The fourth-order valence-electron chi connectivity index (χ4n) is 6.70. The minimum atomic E-state index is -0.539. The van der Waals surface area contributed by atoms with Crippen molar-refractivity contribution in [2.75, 3.05) is 27.2 Å². The van der Waals surface area contributed by atoms with Gasteiger partial charge in [0.2, 0.25) is 11.8 Å². The average Bonchev–Trinajstić information content (AvgIpc) is 3.50. The third kappa shape index (κ3) is 3.58. The zero-order chi connectivity index (χ0) is 23.9. The molecule has 0 radical (unpaired) electrons. The number of carbonyl (C=O) groups is 2. The molecule has 2 saturated heterocycles. The van der Waals surface area contributed by atoms with E-state index in [2.05, 4.69) is 0 Å². The van der Waals surface area contributed by atoms with Gasteiger partial charge >= 0.3 is 0 Å². The number of methoxy groups -OCH3 is 1. The van der Waals surface area contributed by atoms with E-state index in [-0.39, 0.29) is 23.5 Å². The zero-order valence-corrected chi connectivity index (χ0v) is 20.1. The van der Waals surface area contributed by atoms with E-state index in [9.17, 15) is 14.0 Å². The maximum Gasteiger partial charge on any atom is 0.233 e. The third-order valence-corrected chi connectivity index (χ3v) is 8.63. The van der Waals surface area contributed by atoms with Gasteiger partial charge in [-0.05, 0) is 61.1 Å². The summed E-state index contributed by atoms with van der Waals surface area (Å²) >= 11 is 0. The first-order valence-electron chi connectivity index (χ1n) is 12.4. The summed E-state index contributed by atoms with van der Waals surface area (Å²) in [6.45, 7) is 1.06. The molecule has 180 valence electrons. The lowest BCUT2D eigenvalue weighted by molar-refractivity contribution is -0.142.